The Morgan fingerprint density at radius 3 is 2.36 bits per heavy atom. The van der Waals surface area contributed by atoms with Gasteiger partial charge in [-0.15, -0.1) is 12.4 Å². The normalized spacial score (nSPS) is 10.0. The van der Waals surface area contributed by atoms with Gasteiger partial charge in [0.25, 0.3) is 0 Å². The molecule has 0 atom stereocenters. The number of para-hydroxylation sites is 1. The van der Waals surface area contributed by atoms with Gasteiger partial charge < -0.3 is 15.0 Å². The average Bonchev–Trinajstić information content (AvgIpc) is 2.49. The summed E-state index contributed by atoms with van der Waals surface area (Å²) in [5.74, 6) is -0.518. The molecule has 1 amide bonds. The highest BCUT2D eigenvalue weighted by Gasteiger charge is 2.14. The van der Waals surface area contributed by atoms with Crippen LogP contribution in [-0.2, 0) is 9.53 Å². The number of nitrogens with zero attached hydrogens (tertiary/aromatic N) is 1. The predicted molar refractivity (Wildman–Crippen MR) is 90.7 cm³/mol. The number of nitrogens with one attached hydrogen (secondary N) is 1. The molecule has 0 aliphatic rings. The number of ether oxygens (including phenoxy) is 1. The van der Waals surface area contributed by atoms with Gasteiger partial charge in [0.2, 0.25) is 5.91 Å². The fourth-order valence-electron chi connectivity index (χ4n) is 1.99. The summed E-state index contributed by atoms with van der Waals surface area (Å²) in [6.07, 6.45) is 0.402. The molecule has 1 N–H and O–H groups in total. The molecule has 0 heterocycles. The molecule has 5 nitrogen and oxygen atoms in total. The monoisotopic (exact) mass is 328 g/mol. The predicted octanol–water partition coefficient (Wildman–Crippen LogP) is 2.96. The van der Waals surface area contributed by atoms with Gasteiger partial charge in [-0.2, -0.15) is 0 Å². The lowest BCUT2D eigenvalue weighted by atomic mass is 10.1. The van der Waals surface area contributed by atoms with Crippen molar-refractivity contribution in [3.63, 3.8) is 0 Å². The summed E-state index contributed by atoms with van der Waals surface area (Å²) in [6, 6.07) is 6.89. The molecule has 124 valence electrons. The third-order valence-corrected chi connectivity index (χ3v) is 3.25. The largest absolute Gasteiger partial charge is 0.462 e. The summed E-state index contributed by atoms with van der Waals surface area (Å²) in [5, 5.41) is 2.79. The highest BCUT2D eigenvalue weighted by Crippen LogP contribution is 2.16. The SMILES string of the molecule is CCOC(=O)c1ccccc1NC(=O)CCN(CC)CC.Cl. The molecule has 0 aliphatic carbocycles. The van der Waals surface area contributed by atoms with E-state index < -0.39 is 5.97 Å². The highest BCUT2D eigenvalue weighted by molar-refractivity contribution is 6.01. The number of halogens is 1. The highest BCUT2D eigenvalue weighted by atomic mass is 35.5. The number of esters is 1. The van der Waals surface area contributed by atoms with Gasteiger partial charge in [0, 0.05) is 13.0 Å². The van der Waals surface area contributed by atoms with Gasteiger partial charge >= 0.3 is 5.97 Å². The summed E-state index contributed by atoms with van der Waals surface area (Å²) in [5.41, 5.74) is 0.885. The third kappa shape index (κ3) is 6.45. The van der Waals surface area contributed by atoms with Gasteiger partial charge in [-0.1, -0.05) is 26.0 Å². The van der Waals surface area contributed by atoms with Gasteiger partial charge in [-0.3, -0.25) is 4.79 Å². The summed E-state index contributed by atoms with van der Waals surface area (Å²) in [4.78, 5) is 26.0. The van der Waals surface area contributed by atoms with E-state index in [1.54, 1.807) is 31.2 Å². The van der Waals surface area contributed by atoms with Crippen LogP contribution in [0.5, 0.6) is 0 Å². The molecule has 22 heavy (non-hydrogen) atoms. The van der Waals surface area contributed by atoms with E-state index in [0.29, 0.717) is 30.8 Å². The Balaban J connectivity index is 0.00000441. The zero-order valence-electron chi connectivity index (χ0n) is 13.4. The third-order valence-electron chi connectivity index (χ3n) is 3.25. The second-order valence-electron chi connectivity index (χ2n) is 4.59. The average molecular weight is 329 g/mol. The Morgan fingerprint density at radius 2 is 1.77 bits per heavy atom. The topological polar surface area (TPSA) is 58.6 Å². The Kier molecular flexibility index (Phi) is 10.2. The van der Waals surface area contributed by atoms with Crippen LogP contribution in [0.2, 0.25) is 0 Å². The second kappa shape index (κ2) is 11.0. The van der Waals surface area contributed by atoms with E-state index in [4.69, 9.17) is 4.74 Å². The van der Waals surface area contributed by atoms with Crippen LogP contribution in [-0.4, -0.2) is 43.0 Å². The van der Waals surface area contributed by atoms with Gasteiger partial charge in [0.05, 0.1) is 17.9 Å². The number of hydrogen-bond donors (Lipinski definition) is 1. The number of anilines is 1. The maximum Gasteiger partial charge on any atom is 0.340 e. The first-order valence-electron chi connectivity index (χ1n) is 7.40. The molecule has 6 heteroatoms. The zero-order chi connectivity index (χ0) is 15.7. The van der Waals surface area contributed by atoms with Crippen molar-refractivity contribution in [3.05, 3.63) is 29.8 Å². The van der Waals surface area contributed by atoms with Crippen molar-refractivity contribution >= 4 is 30.0 Å². The fourth-order valence-corrected chi connectivity index (χ4v) is 1.99. The first kappa shape index (κ1) is 20.4. The minimum atomic E-state index is -0.419. The number of benzene rings is 1. The van der Waals surface area contributed by atoms with Gasteiger partial charge in [-0.05, 0) is 32.1 Å². The van der Waals surface area contributed by atoms with E-state index in [9.17, 15) is 9.59 Å². The molecule has 0 spiro atoms. The van der Waals surface area contributed by atoms with Crippen LogP contribution < -0.4 is 5.32 Å². The minimum absolute atomic E-state index is 0. The molecule has 0 bridgehead atoms. The van der Waals surface area contributed by atoms with Gasteiger partial charge in [0.15, 0.2) is 0 Å². The smallest absolute Gasteiger partial charge is 0.340 e. The molecule has 1 aromatic rings. The van der Waals surface area contributed by atoms with E-state index in [0.717, 1.165) is 13.1 Å². The number of hydrogen-bond acceptors (Lipinski definition) is 4. The summed E-state index contributed by atoms with van der Waals surface area (Å²) >= 11 is 0. The maximum atomic E-state index is 12.0. The van der Waals surface area contributed by atoms with Crippen LogP contribution in [0.3, 0.4) is 0 Å². The molecule has 0 saturated carbocycles. The molecular weight excluding hydrogens is 304 g/mol. The molecule has 0 saturated heterocycles. The maximum absolute atomic E-state index is 12.0. The molecule has 0 unspecified atom stereocenters. The minimum Gasteiger partial charge on any atom is -0.462 e. The van der Waals surface area contributed by atoms with Crippen molar-refractivity contribution in [3.8, 4) is 0 Å². The fraction of sp³-hybridized carbons (Fsp3) is 0.500. The van der Waals surface area contributed by atoms with Crippen molar-refractivity contribution < 1.29 is 14.3 Å². The first-order chi connectivity index (χ1) is 10.1. The van der Waals surface area contributed by atoms with Crippen LogP contribution in [0.1, 0.15) is 37.6 Å². The van der Waals surface area contributed by atoms with Crippen molar-refractivity contribution in [2.75, 3.05) is 31.6 Å². The van der Waals surface area contributed by atoms with Crippen LogP contribution in [0.25, 0.3) is 0 Å². The van der Waals surface area contributed by atoms with Crippen molar-refractivity contribution in [1.29, 1.82) is 0 Å². The quantitative estimate of drug-likeness (QED) is 0.745. The lowest BCUT2D eigenvalue weighted by Crippen LogP contribution is -2.27. The van der Waals surface area contributed by atoms with Crippen molar-refractivity contribution in [2.45, 2.75) is 27.2 Å². The first-order valence-corrected chi connectivity index (χ1v) is 7.40. The van der Waals surface area contributed by atoms with E-state index in [2.05, 4.69) is 24.1 Å². The summed E-state index contributed by atoms with van der Waals surface area (Å²) in [7, 11) is 0. The lowest BCUT2D eigenvalue weighted by molar-refractivity contribution is -0.116. The number of amides is 1. The van der Waals surface area contributed by atoms with Crippen LogP contribution >= 0.6 is 12.4 Å². The Hall–Kier alpha value is -1.59. The summed E-state index contributed by atoms with van der Waals surface area (Å²) in [6.45, 7) is 8.74. The van der Waals surface area contributed by atoms with Crippen LogP contribution in [0.15, 0.2) is 24.3 Å². The standard InChI is InChI=1S/C16H24N2O3.ClH/c1-4-18(5-2)12-11-15(19)17-14-10-8-7-9-13(14)16(20)21-6-3;/h7-10H,4-6,11-12H2,1-3H3,(H,17,19);1H. The molecule has 1 aromatic carbocycles. The molecular formula is C16H25ClN2O3. The van der Waals surface area contributed by atoms with Crippen LogP contribution in [0.4, 0.5) is 5.69 Å². The van der Waals surface area contributed by atoms with E-state index in [1.165, 1.54) is 0 Å². The molecule has 1 rings (SSSR count). The summed E-state index contributed by atoms with van der Waals surface area (Å²) < 4.78 is 4.98. The Labute approximate surface area is 138 Å². The van der Waals surface area contributed by atoms with Gasteiger partial charge in [-0.25, -0.2) is 4.79 Å². The molecule has 0 aliphatic heterocycles. The van der Waals surface area contributed by atoms with Crippen molar-refractivity contribution in [2.24, 2.45) is 0 Å². The second-order valence-corrected chi connectivity index (χ2v) is 4.59. The molecule has 0 radical (unpaired) electrons. The number of carbonyl (C=O) groups is 2. The van der Waals surface area contributed by atoms with E-state index in [-0.39, 0.29) is 18.3 Å². The number of rotatable bonds is 8. The Bertz CT molecular complexity index is 476. The van der Waals surface area contributed by atoms with Crippen molar-refractivity contribution in [1.82, 2.24) is 4.90 Å². The zero-order valence-corrected chi connectivity index (χ0v) is 14.2. The van der Waals surface area contributed by atoms with E-state index >= 15 is 0 Å². The van der Waals surface area contributed by atoms with E-state index in [1.807, 2.05) is 0 Å². The van der Waals surface area contributed by atoms with Crippen LogP contribution in [0, 0.1) is 0 Å². The number of carbonyl (C=O) groups excluding carboxylic acids is 2. The Morgan fingerprint density at radius 1 is 1.14 bits per heavy atom. The molecule has 0 fully saturated rings. The lowest BCUT2D eigenvalue weighted by Gasteiger charge is -2.17. The van der Waals surface area contributed by atoms with Gasteiger partial charge in [0.1, 0.15) is 0 Å². The molecule has 0 aromatic heterocycles.